The summed E-state index contributed by atoms with van der Waals surface area (Å²) in [4.78, 5) is 0. The topological polar surface area (TPSA) is 50.7 Å². The van der Waals surface area contributed by atoms with Crippen molar-refractivity contribution in [3.63, 3.8) is 0 Å². The van der Waals surface area contributed by atoms with Gasteiger partial charge >= 0.3 is 0 Å². The summed E-state index contributed by atoms with van der Waals surface area (Å²) in [5.74, 6) is 0.882. The molecular formula is C14H23NO3. The zero-order valence-corrected chi connectivity index (χ0v) is 11.3. The number of aliphatic hydroxyl groups excluding tert-OH is 1. The molecule has 0 aliphatic carbocycles. The maximum absolute atomic E-state index is 9.55. The van der Waals surface area contributed by atoms with Gasteiger partial charge in [0.25, 0.3) is 0 Å². The van der Waals surface area contributed by atoms with E-state index >= 15 is 0 Å². The fourth-order valence-electron chi connectivity index (χ4n) is 1.70. The first-order valence-electron chi connectivity index (χ1n) is 6.30. The third-order valence-electron chi connectivity index (χ3n) is 2.71. The number of hydrogen-bond donors (Lipinski definition) is 2. The molecule has 102 valence electrons. The summed E-state index contributed by atoms with van der Waals surface area (Å²) in [7, 11) is 1.58. The van der Waals surface area contributed by atoms with Gasteiger partial charge in [-0.2, -0.15) is 0 Å². The van der Waals surface area contributed by atoms with Crippen molar-refractivity contribution in [2.45, 2.75) is 26.0 Å². The average molecular weight is 253 g/mol. The van der Waals surface area contributed by atoms with E-state index in [1.807, 2.05) is 31.2 Å². The Kier molecular flexibility index (Phi) is 6.72. The predicted molar refractivity (Wildman–Crippen MR) is 71.9 cm³/mol. The standard InChI is InChI=1S/C14H23NO3/c1-4-18-14-7-5-12(6-8-14)11(2)15-9-13(16)10-17-3/h5-8,11,13,15-16H,4,9-10H2,1-3H3. The van der Waals surface area contributed by atoms with Crippen LogP contribution in [0.1, 0.15) is 25.5 Å². The Morgan fingerprint density at radius 3 is 2.50 bits per heavy atom. The molecule has 4 heteroatoms. The number of nitrogens with one attached hydrogen (secondary N) is 1. The number of benzene rings is 1. The second kappa shape index (κ2) is 8.08. The van der Waals surface area contributed by atoms with Gasteiger partial charge < -0.3 is 19.9 Å². The van der Waals surface area contributed by atoms with Crippen LogP contribution in [0.5, 0.6) is 5.75 Å². The maximum Gasteiger partial charge on any atom is 0.119 e. The highest BCUT2D eigenvalue weighted by molar-refractivity contribution is 5.28. The molecule has 0 aromatic heterocycles. The van der Waals surface area contributed by atoms with Crippen LogP contribution in [0.4, 0.5) is 0 Å². The van der Waals surface area contributed by atoms with Gasteiger partial charge in [-0.3, -0.25) is 0 Å². The van der Waals surface area contributed by atoms with Gasteiger partial charge in [-0.25, -0.2) is 0 Å². The molecule has 1 aromatic carbocycles. The lowest BCUT2D eigenvalue weighted by Gasteiger charge is -2.17. The van der Waals surface area contributed by atoms with Gasteiger partial charge in [-0.1, -0.05) is 12.1 Å². The molecular weight excluding hydrogens is 230 g/mol. The van der Waals surface area contributed by atoms with Crippen LogP contribution in [0.3, 0.4) is 0 Å². The number of rotatable bonds is 8. The van der Waals surface area contributed by atoms with Crippen molar-refractivity contribution in [1.82, 2.24) is 5.32 Å². The van der Waals surface area contributed by atoms with Crippen LogP contribution in [0.2, 0.25) is 0 Å². The Bertz CT molecular complexity index is 326. The molecule has 0 radical (unpaired) electrons. The van der Waals surface area contributed by atoms with Crippen molar-refractivity contribution in [3.05, 3.63) is 29.8 Å². The molecule has 1 aromatic rings. The van der Waals surface area contributed by atoms with Crippen molar-refractivity contribution < 1.29 is 14.6 Å². The molecule has 18 heavy (non-hydrogen) atoms. The van der Waals surface area contributed by atoms with Gasteiger partial charge in [0.1, 0.15) is 5.75 Å². The van der Waals surface area contributed by atoms with Crippen LogP contribution in [0.15, 0.2) is 24.3 Å². The minimum atomic E-state index is -0.472. The highest BCUT2D eigenvalue weighted by Gasteiger charge is 2.08. The Hall–Kier alpha value is -1.10. The second-order valence-corrected chi connectivity index (χ2v) is 4.24. The highest BCUT2D eigenvalue weighted by Crippen LogP contribution is 2.17. The number of hydrogen-bond acceptors (Lipinski definition) is 4. The highest BCUT2D eigenvalue weighted by atomic mass is 16.5. The molecule has 0 saturated heterocycles. The zero-order valence-electron chi connectivity index (χ0n) is 11.3. The lowest BCUT2D eigenvalue weighted by Crippen LogP contribution is -2.31. The SMILES string of the molecule is CCOc1ccc(C(C)NCC(O)COC)cc1. The quantitative estimate of drug-likeness (QED) is 0.741. The van der Waals surface area contributed by atoms with E-state index in [1.54, 1.807) is 7.11 Å². The molecule has 0 fully saturated rings. The average Bonchev–Trinajstić information content (AvgIpc) is 2.37. The third-order valence-corrected chi connectivity index (χ3v) is 2.71. The predicted octanol–water partition coefficient (Wildman–Crippen LogP) is 1.74. The fraction of sp³-hybridized carbons (Fsp3) is 0.571. The van der Waals surface area contributed by atoms with Gasteiger partial charge in [-0.15, -0.1) is 0 Å². The third kappa shape index (κ3) is 5.04. The molecule has 0 aliphatic rings. The molecule has 2 atom stereocenters. The maximum atomic E-state index is 9.55. The monoisotopic (exact) mass is 253 g/mol. The van der Waals surface area contributed by atoms with E-state index in [4.69, 9.17) is 9.47 Å². The molecule has 0 heterocycles. The number of methoxy groups -OCH3 is 1. The van der Waals surface area contributed by atoms with E-state index in [0.717, 1.165) is 5.75 Å². The summed E-state index contributed by atoms with van der Waals surface area (Å²) < 4.78 is 10.3. The van der Waals surface area contributed by atoms with E-state index < -0.39 is 6.10 Å². The van der Waals surface area contributed by atoms with E-state index in [-0.39, 0.29) is 6.04 Å². The van der Waals surface area contributed by atoms with Crippen LogP contribution in [-0.4, -0.2) is 38.1 Å². The molecule has 0 spiro atoms. The van der Waals surface area contributed by atoms with Crippen LogP contribution in [-0.2, 0) is 4.74 Å². The van der Waals surface area contributed by atoms with Gasteiger partial charge in [0, 0.05) is 19.7 Å². The van der Waals surface area contributed by atoms with E-state index in [2.05, 4.69) is 12.2 Å². The molecule has 2 N–H and O–H groups in total. The summed E-state index contributed by atoms with van der Waals surface area (Å²) in [6.45, 7) is 5.58. The first-order chi connectivity index (χ1) is 8.67. The first-order valence-corrected chi connectivity index (χ1v) is 6.30. The van der Waals surface area contributed by atoms with Crippen LogP contribution < -0.4 is 10.1 Å². The number of ether oxygens (including phenoxy) is 2. The van der Waals surface area contributed by atoms with Crippen LogP contribution in [0.25, 0.3) is 0 Å². The van der Waals surface area contributed by atoms with Crippen molar-refractivity contribution >= 4 is 0 Å². The van der Waals surface area contributed by atoms with E-state index in [1.165, 1.54) is 5.56 Å². The minimum Gasteiger partial charge on any atom is -0.494 e. The van der Waals surface area contributed by atoms with Crippen molar-refractivity contribution in [2.75, 3.05) is 26.9 Å². The molecule has 0 saturated carbocycles. The lowest BCUT2D eigenvalue weighted by molar-refractivity contribution is 0.0630. The molecule has 4 nitrogen and oxygen atoms in total. The summed E-state index contributed by atoms with van der Waals surface area (Å²) in [6, 6.07) is 8.18. The zero-order chi connectivity index (χ0) is 13.4. The van der Waals surface area contributed by atoms with Crippen molar-refractivity contribution in [2.24, 2.45) is 0 Å². The minimum absolute atomic E-state index is 0.187. The largest absolute Gasteiger partial charge is 0.494 e. The van der Waals surface area contributed by atoms with Gasteiger partial charge in [0.2, 0.25) is 0 Å². The number of aliphatic hydroxyl groups is 1. The fourth-order valence-corrected chi connectivity index (χ4v) is 1.70. The summed E-state index contributed by atoms with van der Waals surface area (Å²) >= 11 is 0. The summed E-state index contributed by atoms with van der Waals surface area (Å²) in [5, 5.41) is 12.8. The van der Waals surface area contributed by atoms with Crippen molar-refractivity contribution in [1.29, 1.82) is 0 Å². The van der Waals surface area contributed by atoms with Gasteiger partial charge in [-0.05, 0) is 31.5 Å². The van der Waals surface area contributed by atoms with Gasteiger partial charge in [0.15, 0.2) is 0 Å². The molecule has 1 rings (SSSR count). The second-order valence-electron chi connectivity index (χ2n) is 4.24. The first kappa shape index (κ1) is 15.0. The lowest BCUT2D eigenvalue weighted by atomic mass is 10.1. The Morgan fingerprint density at radius 1 is 1.28 bits per heavy atom. The van der Waals surface area contributed by atoms with E-state index in [9.17, 15) is 5.11 Å². The van der Waals surface area contributed by atoms with E-state index in [0.29, 0.717) is 19.8 Å². The molecule has 0 aliphatic heterocycles. The smallest absolute Gasteiger partial charge is 0.119 e. The van der Waals surface area contributed by atoms with Crippen molar-refractivity contribution in [3.8, 4) is 5.75 Å². The Balaban J connectivity index is 2.43. The molecule has 0 bridgehead atoms. The Morgan fingerprint density at radius 2 is 1.94 bits per heavy atom. The van der Waals surface area contributed by atoms with Crippen LogP contribution >= 0.6 is 0 Å². The van der Waals surface area contributed by atoms with Crippen LogP contribution in [0, 0.1) is 0 Å². The van der Waals surface area contributed by atoms with Gasteiger partial charge in [0.05, 0.1) is 19.3 Å². The summed E-state index contributed by atoms with van der Waals surface area (Å²) in [6.07, 6.45) is -0.472. The normalized spacial score (nSPS) is 14.2. The summed E-state index contributed by atoms with van der Waals surface area (Å²) in [5.41, 5.74) is 1.17. The molecule has 2 unspecified atom stereocenters. The Labute approximate surface area is 109 Å². The molecule has 0 amide bonds.